The third-order valence-electron chi connectivity index (χ3n) is 5.99. The Morgan fingerprint density at radius 2 is 1.03 bits per heavy atom. The molecule has 1 aromatic heterocycles. The van der Waals surface area contributed by atoms with Crippen LogP contribution in [0.1, 0.15) is 0 Å². The SMILES string of the molecule is c1ccc(-c2c(P(c3ccccc3)c3ccccc3)ccc3c2[nH]c2ccccc23)cc1. The van der Waals surface area contributed by atoms with Gasteiger partial charge >= 0.3 is 0 Å². The van der Waals surface area contributed by atoms with Crippen LogP contribution in [0.4, 0.5) is 0 Å². The molecule has 0 atom stereocenters. The maximum atomic E-state index is 3.75. The highest BCUT2D eigenvalue weighted by Gasteiger charge is 2.23. The van der Waals surface area contributed by atoms with Crippen LogP contribution in [0.3, 0.4) is 0 Å². The van der Waals surface area contributed by atoms with Gasteiger partial charge in [0.15, 0.2) is 0 Å². The molecule has 0 saturated carbocycles. The lowest BCUT2D eigenvalue weighted by molar-refractivity contribution is 1.54. The molecule has 0 unspecified atom stereocenters. The first kappa shape index (κ1) is 19.0. The molecule has 2 heteroatoms. The zero-order valence-corrected chi connectivity index (χ0v) is 18.5. The van der Waals surface area contributed by atoms with E-state index in [2.05, 4.69) is 132 Å². The van der Waals surface area contributed by atoms with E-state index in [1.807, 2.05) is 0 Å². The second-order valence-electron chi connectivity index (χ2n) is 7.93. The van der Waals surface area contributed by atoms with Crippen LogP contribution < -0.4 is 15.9 Å². The third-order valence-corrected chi connectivity index (χ3v) is 8.48. The summed E-state index contributed by atoms with van der Waals surface area (Å²) in [5, 5.41) is 6.65. The average Bonchev–Trinajstić information content (AvgIpc) is 3.25. The van der Waals surface area contributed by atoms with Crippen LogP contribution in [0.5, 0.6) is 0 Å². The second-order valence-corrected chi connectivity index (χ2v) is 10.1. The summed E-state index contributed by atoms with van der Waals surface area (Å²) >= 11 is 0. The van der Waals surface area contributed by atoms with Gasteiger partial charge in [-0.2, -0.15) is 0 Å². The largest absolute Gasteiger partial charge is 0.354 e. The highest BCUT2D eigenvalue weighted by atomic mass is 31.1. The molecule has 0 fully saturated rings. The molecule has 32 heavy (non-hydrogen) atoms. The summed E-state index contributed by atoms with van der Waals surface area (Å²) in [6, 6.07) is 45.9. The van der Waals surface area contributed by atoms with Gasteiger partial charge in [0.2, 0.25) is 0 Å². The van der Waals surface area contributed by atoms with Gasteiger partial charge in [0, 0.05) is 21.9 Å². The second kappa shape index (κ2) is 8.11. The Kier molecular flexibility index (Phi) is 4.83. The Balaban J connectivity index is 1.72. The van der Waals surface area contributed by atoms with E-state index in [1.54, 1.807) is 0 Å². The first-order valence-corrected chi connectivity index (χ1v) is 12.2. The van der Waals surface area contributed by atoms with Crippen LogP contribution in [0.2, 0.25) is 0 Å². The fourth-order valence-electron chi connectivity index (χ4n) is 4.57. The molecule has 152 valence electrons. The minimum atomic E-state index is -0.713. The number of H-pyrrole nitrogens is 1. The maximum absolute atomic E-state index is 3.75. The van der Waals surface area contributed by atoms with Crippen LogP contribution in [0.15, 0.2) is 127 Å². The van der Waals surface area contributed by atoms with Crippen molar-refractivity contribution in [1.29, 1.82) is 0 Å². The van der Waals surface area contributed by atoms with Gasteiger partial charge in [0.25, 0.3) is 0 Å². The van der Waals surface area contributed by atoms with Crippen molar-refractivity contribution in [2.45, 2.75) is 0 Å². The maximum Gasteiger partial charge on any atom is 0.0551 e. The molecule has 1 heterocycles. The van der Waals surface area contributed by atoms with Crippen LogP contribution in [-0.4, -0.2) is 4.98 Å². The molecule has 5 aromatic carbocycles. The summed E-state index contributed by atoms with van der Waals surface area (Å²) in [4.78, 5) is 3.75. The van der Waals surface area contributed by atoms with Gasteiger partial charge in [-0.1, -0.05) is 121 Å². The quantitative estimate of drug-likeness (QED) is 0.300. The smallest absolute Gasteiger partial charge is 0.0551 e. The van der Waals surface area contributed by atoms with Crippen LogP contribution in [0.25, 0.3) is 32.9 Å². The van der Waals surface area contributed by atoms with Crippen LogP contribution >= 0.6 is 7.92 Å². The molecule has 0 amide bonds. The lowest BCUT2D eigenvalue weighted by atomic mass is 10.0. The molecule has 0 saturated heterocycles. The van der Waals surface area contributed by atoms with Gasteiger partial charge in [-0.3, -0.25) is 0 Å². The van der Waals surface area contributed by atoms with Gasteiger partial charge in [-0.25, -0.2) is 0 Å². The first-order valence-electron chi connectivity index (χ1n) is 10.9. The zero-order chi connectivity index (χ0) is 21.3. The molecule has 0 aliphatic rings. The van der Waals surface area contributed by atoms with Crippen molar-refractivity contribution in [2.75, 3.05) is 0 Å². The summed E-state index contributed by atoms with van der Waals surface area (Å²) in [7, 11) is -0.713. The van der Waals surface area contributed by atoms with E-state index in [9.17, 15) is 0 Å². The van der Waals surface area contributed by atoms with Gasteiger partial charge < -0.3 is 4.98 Å². The van der Waals surface area contributed by atoms with Crippen molar-refractivity contribution in [3.05, 3.63) is 127 Å². The number of para-hydroxylation sites is 1. The van der Waals surface area contributed by atoms with Gasteiger partial charge in [-0.05, 0) is 35.5 Å². The standard InChI is InChI=1S/C30H22NP/c1-4-12-22(13-5-1)29-28(21-20-26-25-18-10-11-19-27(25)31-30(26)29)32(23-14-6-2-7-15-23)24-16-8-3-9-17-24/h1-21,31H. The Morgan fingerprint density at radius 3 is 1.69 bits per heavy atom. The van der Waals surface area contributed by atoms with Gasteiger partial charge in [-0.15, -0.1) is 0 Å². The van der Waals surface area contributed by atoms with Gasteiger partial charge in [0.1, 0.15) is 0 Å². The molecule has 1 nitrogen and oxygen atoms in total. The summed E-state index contributed by atoms with van der Waals surface area (Å²) in [5.74, 6) is 0. The van der Waals surface area contributed by atoms with E-state index < -0.39 is 7.92 Å². The van der Waals surface area contributed by atoms with Crippen molar-refractivity contribution in [3.63, 3.8) is 0 Å². The minimum absolute atomic E-state index is 0.713. The van der Waals surface area contributed by atoms with Crippen molar-refractivity contribution in [2.24, 2.45) is 0 Å². The molecule has 1 N–H and O–H groups in total. The van der Waals surface area contributed by atoms with Gasteiger partial charge in [0.05, 0.1) is 5.52 Å². The van der Waals surface area contributed by atoms with Crippen molar-refractivity contribution in [3.8, 4) is 11.1 Å². The average molecular weight is 427 g/mol. The fourth-order valence-corrected chi connectivity index (χ4v) is 7.06. The summed E-state index contributed by atoms with van der Waals surface area (Å²) < 4.78 is 0. The highest BCUT2D eigenvalue weighted by Crippen LogP contribution is 2.41. The lowest BCUT2D eigenvalue weighted by Crippen LogP contribution is -2.22. The number of benzene rings is 5. The molecule has 6 aromatic rings. The monoisotopic (exact) mass is 427 g/mol. The first-order chi connectivity index (χ1) is 15.9. The van der Waals surface area contributed by atoms with Crippen LogP contribution in [0, 0.1) is 0 Å². The van der Waals surface area contributed by atoms with E-state index in [0.717, 1.165) is 0 Å². The normalized spacial score (nSPS) is 11.4. The van der Waals surface area contributed by atoms with E-state index in [1.165, 1.54) is 48.8 Å². The summed E-state index contributed by atoms with van der Waals surface area (Å²) in [6.45, 7) is 0. The Bertz CT molecular complexity index is 1460. The molecule has 0 aliphatic carbocycles. The molecule has 6 rings (SSSR count). The van der Waals surface area contributed by atoms with Crippen molar-refractivity contribution < 1.29 is 0 Å². The predicted octanol–water partition coefficient (Wildman–Crippen LogP) is 6.75. The zero-order valence-electron chi connectivity index (χ0n) is 17.6. The number of hydrogen-bond acceptors (Lipinski definition) is 0. The summed E-state index contributed by atoms with van der Waals surface area (Å²) in [6.07, 6.45) is 0. The minimum Gasteiger partial charge on any atom is -0.354 e. The molecular formula is C30H22NP. The van der Waals surface area contributed by atoms with Crippen molar-refractivity contribution in [1.82, 2.24) is 4.98 Å². The number of hydrogen-bond donors (Lipinski definition) is 1. The Labute approximate surface area is 189 Å². The number of aromatic nitrogens is 1. The van der Waals surface area contributed by atoms with Crippen molar-refractivity contribution >= 4 is 45.6 Å². The number of fused-ring (bicyclic) bond motifs is 3. The molecule has 0 bridgehead atoms. The number of aromatic amines is 1. The number of rotatable bonds is 4. The number of nitrogens with one attached hydrogen (secondary N) is 1. The lowest BCUT2D eigenvalue weighted by Gasteiger charge is -2.23. The van der Waals surface area contributed by atoms with E-state index in [0.29, 0.717) is 0 Å². The highest BCUT2D eigenvalue weighted by molar-refractivity contribution is 7.80. The van der Waals surface area contributed by atoms with E-state index in [4.69, 9.17) is 0 Å². The fraction of sp³-hybridized carbons (Fsp3) is 0. The predicted molar refractivity (Wildman–Crippen MR) is 140 cm³/mol. The summed E-state index contributed by atoms with van der Waals surface area (Å²) in [5.41, 5.74) is 4.95. The third kappa shape index (κ3) is 3.23. The molecule has 0 spiro atoms. The van der Waals surface area contributed by atoms with Crippen LogP contribution in [-0.2, 0) is 0 Å². The molecular weight excluding hydrogens is 405 g/mol. The topological polar surface area (TPSA) is 15.8 Å². The van der Waals surface area contributed by atoms with E-state index in [-0.39, 0.29) is 0 Å². The Hall–Kier alpha value is -3.67. The molecule has 0 radical (unpaired) electrons. The molecule has 0 aliphatic heterocycles. The van der Waals surface area contributed by atoms with E-state index >= 15 is 0 Å². The Morgan fingerprint density at radius 1 is 0.469 bits per heavy atom.